The van der Waals surface area contributed by atoms with Crippen LogP contribution in [0.25, 0.3) is 6.08 Å². The van der Waals surface area contributed by atoms with Crippen molar-refractivity contribution in [1.29, 1.82) is 0 Å². The van der Waals surface area contributed by atoms with Crippen LogP contribution >= 0.6 is 0 Å². The second-order valence-electron chi connectivity index (χ2n) is 9.24. The van der Waals surface area contributed by atoms with Crippen LogP contribution in [0.1, 0.15) is 109 Å². The molecule has 0 atom stereocenters. The normalized spacial score (nSPS) is 11.6. The fraction of sp³-hybridized carbons (Fsp3) is 0.613. The number of carbonyl (C=O) groups is 2. The van der Waals surface area contributed by atoms with Crippen LogP contribution in [0.2, 0.25) is 0 Å². The summed E-state index contributed by atoms with van der Waals surface area (Å²) in [6.45, 7) is 4.10. The van der Waals surface area contributed by atoms with E-state index in [-0.39, 0.29) is 19.2 Å². The van der Waals surface area contributed by atoms with Crippen LogP contribution in [-0.4, -0.2) is 32.3 Å². The summed E-state index contributed by atoms with van der Waals surface area (Å²) in [7, 11) is 1.63. The molecule has 0 N–H and O–H groups in total. The van der Waals surface area contributed by atoms with Gasteiger partial charge in [0.25, 0.3) is 0 Å². The highest BCUT2D eigenvalue weighted by molar-refractivity contribution is 5.89. The molecule has 0 aliphatic heterocycles. The Hall–Kier alpha value is -2.56. The van der Waals surface area contributed by atoms with Crippen LogP contribution in [0.4, 0.5) is 0 Å². The lowest BCUT2D eigenvalue weighted by Crippen LogP contribution is -2.15. The SMILES string of the molecule is C/C=C(/COC(=O)CCCCCCCCCCCCCCC)C(=O)OC/C=C/c1ccc(OC)cc1. The van der Waals surface area contributed by atoms with Gasteiger partial charge < -0.3 is 14.2 Å². The lowest BCUT2D eigenvalue weighted by atomic mass is 10.0. The molecular formula is C31H48O5. The summed E-state index contributed by atoms with van der Waals surface area (Å²) in [5.41, 5.74) is 1.34. The Bertz CT molecular complexity index is 764. The van der Waals surface area contributed by atoms with Crippen molar-refractivity contribution >= 4 is 18.0 Å². The van der Waals surface area contributed by atoms with Gasteiger partial charge in [-0.2, -0.15) is 0 Å². The van der Waals surface area contributed by atoms with E-state index in [4.69, 9.17) is 14.2 Å². The topological polar surface area (TPSA) is 61.8 Å². The Morgan fingerprint density at radius 3 is 1.86 bits per heavy atom. The molecule has 36 heavy (non-hydrogen) atoms. The zero-order chi connectivity index (χ0) is 26.3. The molecule has 0 spiro atoms. The van der Waals surface area contributed by atoms with E-state index in [1.165, 1.54) is 70.6 Å². The maximum atomic E-state index is 12.2. The first-order valence-electron chi connectivity index (χ1n) is 13.9. The monoisotopic (exact) mass is 500 g/mol. The van der Waals surface area contributed by atoms with Crippen molar-refractivity contribution in [3.63, 3.8) is 0 Å². The first-order chi connectivity index (χ1) is 17.6. The molecule has 0 bridgehead atoms. The van der Waals surface area contributed by atoms with Crippen LogP contribution in [0.15, 0.2) is 42.0 Å². The lowest BCUT2D eigenvalue weighted by molar-refractivity contribution is -0.144. The van der Waals surface area contributed by atoms with E-state index in [1.54, 1.807) is 26.2 Å². The average molecular weight is 501 g/mol. The minimum absolute atomic E-state index is 0.0468. The number of rotatable bonds is 21. The number of esters is 2. The number of methoxy groups -OCH3 is 1. The average Bonchev–Trinajstić information content (AvgIpc) is 2.90. The van der Waals surface area contributed by atoms with Crippen LogP contribution in [0.3, 0.4) is 0 Å². The van der Waals surface area contributed by atoms with Gasteiger partial charge in [0, 0.05) is 6.42 Å². The molecule has 0 aromatic heterocycles. The summed E-state index contributed by atoms with van der Waals surface area (Å²) < 4.78 is 15.7. The number of ether oxygens (including phenoxy) is 3. The van der Waals surface area contributed by atoms with Gasteiger partial charge >= 0.3 is 11.9 Å². The largest absolute Gasteiger partial charge is 0.497 e. The standard InChI is InChI=1S/C31H48O5/c1-4-6-7-8-9-10-11-12-13-14-15-16-17-20-30(32)36-26-28(5-2)31(33)35-25-18-19-27-21-23-29(34-3)24-22-27/h5,18-19,21-24H,4,6-17,20,25-26H2,1-3H3/b19-18+,28-5-. The molecule has 0 aliphatic carbocycles. The molecule has 0 radical (unpaired) electrons. The number of unbranched alkanes of at least 4 members (excludes halogenated alkanes) is 12. The van der Waals surface area contributed by atoms with Crippen LogP contribution in [-0.2, 0) is 19.1 Å². The second-order valence-corrected chi connectivity index (χ2v) is 9.24. The van der Waals surface area contributed by atoms with E-state index in [0.717, 1.165) is 24.2 Å². The highest BCUT2D eigenvalue weighted by atomic mass is 16.5. The molecule has 0 aliphatic rings. The highest BCUT2D eigenvalue weighted by Crippen LogP contribution is 2.14. The Morgan fingerprint density at radius 1 is 0.778 bits per heavy atom. The minimum atomic E-state index is -0.467. The fourth-order valence-corrected chi connectivity index (χ4v) is 3.89. The molecule has 5 heteroatoms. The predicted molar refractivity (Wildman–Crippen MR) is 148 cm³/mol. The molecule has 0 heterocycles. The highest BCUT2D eigenvalue weighted by Gasteiger charge is 2.12. The van der Waals surface area contributed by atoms with Crippen molar-refractivity contribution in [2.24, 2.45) is 0 Å². The van der Waals surface area contributed by atoms with Gasteiger partial charge in [0.15, 0.2) is 0 Å². The second kappa shape index (κ2) is 21.7. The van der Waals surface area contributed by atoms with E-state index in [0.29, 0.717) is 12.0 Å². The summed E-state index contributed by atoms with van der Waals surface area (Å²) in [5.74, 6) is 0.0650. The number of allylic oxidation sites excluding steroid dienone is 1. The van der Waals surface area contributed by atoms with Crippen LogP contribution < -0.4 is 4.74 Å². The molecule has 0 fully saturated rings. The van der Waals surface area contributed by atoms with Gasteiger partial charge in [-0.25, -0.2) is 4.79 Å². The zero-order valence-electron chi connectivity index (χ0n) is 22.9. The Morgan fingerprint density at radius 2 is 1.33 bits per heavy atom. The third-order valence-electron chi connectivity index (χ3n) is 6.22. The van der Waals surface area contributed by atoms with E-state index in [1.807, 2.05) is 30.3 Å². The first-order valence-corrected chi connectivity index (χ1v) is 13.9. The minimum Gasteiger partial charge on any atom is -0.497 e. The van der Waals surface area contributed by atoms with E-state index in [9.17, 15) is 9.59 Å². The number of hydrogen-bond donors (Lipinski definition) is 0. The van der Waals surface area contributed by atoms with Crippen molar-refractivity contribution in [3.05, 3.63) is 47.6 Å². The van der Waals surface area contributed by atoms with E-state index >= 15 is 0 Å². The molecule has 0 unspecified atom stereocenters. The van der Waals surface area contributed by atoms with Crippen LogP contribution in [0, 0.1) is 0 Å². The van der Waals surface area contributed by atoms with Crippen LogP contribution in [0.5, 0.6) is 5.75 Å². The molecule has 0 saturated carbocycles. The van der Waals surface area contributed by atoms with E-state index < -0.39 is 5.97 Å². The fourth-order valence-electron chi connectivity index (χ4n) is 3.89. The molecule has 202 valence electrons. The van der Waals surface area contributed by atoms with Crippen molar-refractivity contribution in [2.75, 3.05) is 20.3 Å². The summed E-state index contributed by atoms with van der Waals surface area (Å²) in [6.07, 6.45) is 22.2. The zero-order valence-corrected chi connectivity index (χ0v) is 22.9. The maximum absolute atomic E-state index is 12.2. The molecule has 0 saturated heterocycles. The van der Waals surface area contributed by atoms with Gasteiger partial charge in [-0.15, -0.1) is 0 Å². The Kier molecular flexibility index (Phi) is 19.0. The smallest absolute Gasteiger partial charge is 0.337 e. The molecule has 1 aromatic carbocycles. The number of carbonyl (C=O) groups excluding carboxylic acids is 2. The third kappa shape index (κ3) is 16.2. The third-order valence-corrected chi connectivity index (χ3v) is 6.22. The van der Waals surface area contributed by atoms with Crippen molar-refractivity contribution < 1.29 is 23.8 Å². The number of hydrogen-bond acceptors (Lipinski definition) is 5. The molecule has 0 amide bonds. The quantitative estimate of drug-likeness (QED) is 0.0966. The maximum Gasteiger partial charge on any atom is 0.337 e. The Balaban J connectivity index is 2.05. The summed E-state index contributed by atoms with van der Waals surface area (Å²) in [6, 6.07) is 7.59. The predicted octanol–water partition coefficient (Wildman–Crippen LogP) is 8.22. The lowest BCUT2D eigenvalue weighted by Gasteiger charge is -2.08. The molecule has 5 nitrogen and oxygen atoms in total. The van der Waals surface area contributed by atoms with Gasteiger partial charge in [-0.3, -0.25) is 4.79 Å². The van der Waals surface area contributed by atoms with Crippen molar-refractivity contribution in [3.8, 4) is 5.75 Å². The Labute approximate surface area is 219 Å². The first kappa shape index (κ1) is 31.5. The van der Waals surface area contributed by atoms with E-state index in [2.05, 4.69) is 6.92 Å². The molecule has 1 aromatic rings. The summed E-state index contributed by atoms with van der Waals surface area (Å²) in [5, 5.41) is 0. The molecule has 1 rings (SSSR count). The van der Waals surface area contributed by atoms with Gasteiger partial charge in [0.05, 0.1) is 12.7 Å². The molecular weight excluding hydrogens is 452 g/mol. The number of benzene rings is 1. The van der Waals surface area contributed by atoms with Gasteiger partial charge in [-0.05, 0) is 37.1 Å². The van der Waals surface area contributed by atoms with Crippen molar-refractivity contribution in [2.45, 2.75) is 104 Å². The van der Waals surface area contributed by atoms with Gasteiger partial charge in [0.2, 0.25) is 0 Å². The summed E-state index contributed by atoms with van der Waals surface area (Å²) >= 11 is 0. The summed E-state index contributed by atoms with van der Waals surface area (Å²) in [4.78, 5) is 24.3. The van der Waals surface area contributed by atoms with Gasteiger partial charge in [-0.1, -0.05) is 108 Å². The van der Waals surface area contributed by atoms with Crippen molar-refractivity contribution in [1.82, 2.24) is 0 Å². The van der Waals surface area contributed by atoms with Gasteiger partial charge in [0.1, 0.15) is 19.0 Å².